The largest absolute Gasteiger partial charge is 0.246 e. The van der Waals surface area contributed by atoms with Crippen molar-refractivity contribution in [3.05, 3.63) is 0 Å². The van der Waals surface area contributed by atoms with Gasteiger partial charge in [-0.2, -0.15) is 0 Å². The van der Waals surface area contributed by atoms with Gasteiger partial charge in [0.15, 0.2) is 0 Å². The maximum atomic E-state index is 14.9. The minimum atomic E-state index is -0.666. The second kappa shape index (κ2) is 10.9. The van der Waals surface area contributed by atoms with Crippen LogP contribution in [0, 0.1) is 47.3 Å². The van der Waals surface area contributed by atoms with E-state index in [1.54, 1.807) is 0 Å². The van der Waals surface area contributed by atoms with E-state index in [4.69, 9.17) is 0 Å². The summed E-state index contributed by atoms with van der Waals surface area (Å²) >= 11 is 0. The summed E-state index contributed by atoms with van der Waals surface area (Å²) in [7, 11) is 0. The fourth-order valence-electron chi connectivity index (χ4n) is 6.32. The van der Waals surface area contributed by atoms with E-state index < -0.39 is 6.17 Å². The fourth-order valence-corrected chi connectivity index (χ4v) is 6.32. The third-order valence-corrected chi connectivity index (χ3v) is 8.08. The third-order valence-electron chi connectivity index (χ3n) is 8.08. The van der Waals surface area contributed by atoms with Gasteiger partial charge in [0.25, 0.3) is 0 Å². The zero-order chi connectivity index (χ0) is 19.1. The number of hydrogen-bond acceptors (Lipinski definition) is 0. The average molecular weight is 375 g/mol. The van der Waals surface area contributed by atoms with Crippen molar-refractivity contribution < 1.29 is 4.39 Å². The van der Waals surface area contributed by atoms with Crippen LogP contribution in [-0.4, -0.2) is 6.17 Å². The molecule has 154 valence electrons. The highest BCUT2D eigenvalue weighted by Gasteiger charge is 2.35. The monoisotopic (exact) mass is 374 g/mol. The number of halogens is 1. The minimum Gasteiger partial charge on any atom is -0.246 e. The van der Waals surface area contributed by atoms with Crippen molar-refractivity contribution >= 4 is 0 Å². The van der Waals surface area contributed by atoms with E-state index in [0.29, 0.717) is 11.8 Å². The van der Waals surface area contributed by atoms with Crippen LogP contribution in [0.5, 0.6) is 0 Å². The zero-order valence-corrected chi connectivity index (χ0v) is 18.0. The van der Waals surface area contributed by atoms with Crippen LogP contribution < -0.4 is 0 Å². The molecular weight excluding hydrogens is 331 g/mol. The molecule has 3 unspecified atom stereocenters. The van der Waals surface area contributed by atoms with Crippen molar-refractivity contribution in [2.75, 3.05) is 0 Å². The molecule has 3 aliphatic rings. The number of hydrogen-bond donors (Lipinski definition) is 0. The van der Waals surface area contributed by atoms with Crippen LogP contribution in [0.2, 0.25) is 0 Å². The van der Waals surface area contributed by atoms with Gasteiger partial charge >= 0.3 is 0 Å². The van der Waals surface area contributed by atoms with E-state index in [2.05, 4.69) is 25.7 Å². The Morgan fingerprint density at radius 2 is 1.22 bits per heavy atom. The lowest BCUT2D eigenvalue weighted by Crippen LogP contribution is -2.31. The maximum absolute atomic E-state index is 14.9. The summed E-state index contributed by atoms with van der Waals surface area (Å²) in [4.78, 5) is 0. The maximum Gasteiger partial charge on any atom is 0.114 e. The van der Waals surface area contributed by atoms with E-state index in [0.717, 1.165) is 30.6 Å². The smallest absolute Gasteiger partial charge is 0.114 e. The molecule has 0 heterocycles. The molecule has 0 radical (unpaired) electrons. The minimum absolute atomic E-state index is 0.0334. The molecular formula is C26H43F. The lowest BCUT2D eigenvalue weighted by atomic mass is 9.68. The van der Waals surface area contributed by atoms with Crippen molar-refractivity contribution in [2.45, 2.75) is 116 Å². The van der Waals surface area contributed by atoms with Crippen molar-refractivity contribution in [2.24, 2.45) is 35.5 Å². The van der Waals surface area contributed by atoms with Gasteiger partial charge in [-0.3, -0.25) is 0 Å². The van der Waals surface area contributed by atoms with Gasteiger partial charge in [0, 0.05) is 5.92 Å². The molecule has 0 saturated heterocycles. The SMILES string of the molecule is CCCC1CCC(C#CC2CCC(C3CCC(CCC)CC3)CC2F)CC1. The molecule has 0 amide bonds. The summed E-state index contributed by atoms with van der Waals surface area (Å²) in [5.74, 6) is 10.8. The van der Waals surface area contributed by atoms with Crippen LogP contribution >= 0.6 is 0 Å². The fraction of sp³-hybridized carbons (Fsp3) is 0.923. The van der Waals surface area contributed by atoms with E-state index in [9.17, 15) is 4.39 Å². The highest BCUT2D eigenvalue weighted by molar-refractivity contribution is 5.11. The van der Waals surface area contributed by atoms with Gasteiger partial charge in [-0.25, -0.2) is 4.39 Å². The highest BCUT2D eigenvalue weighted by atomic mass is 19.1. The van der Waals surface area contributed by atoms with E-state index in [1.165, 1.54) is 83.5 Å². The van der Waals surface area contributed by atoms with Crippen LogP contribution in [0.4, 0.5) is 4.39 Å². The predicted molar refractivity (Wildman–Crippen MR) is 114 cm³/mol. The van der Waals surface area contributed by atoms with E-state index >= 15 is 0 Å². The Labute approximate surface area is 168 Å². The molecule has 3 saturated carbocycles. The first-order valence-corrected chi connectivity index (χ1v) is 12.3. The summed E-state index contributed by atoms with van der Waals surface area (Å²) in [5, 5.41) is 0. The zero-order valence-electron chi connectivity index (χ0n) is 18.0. The molecule has 3 fully saturated rings. The lowest BCUT2D eigenvalue weighted by Gasteiger charge is -2.38. The summed E-state index contributed by atoms with van der Waals surface area (Å²) in [6.45, 7) is 4.60. The first-order chi connectivity index (χ1) is 13.2. The topological polar surface area (TPSA) is 0 Å². The molecule has 0 spiro atoms. The standard InChI is InChI=1S/C26H43F/c1-3-5-20-7-9-22(10-8-20)13-16-24-17-18-25(19-26(24)27)23-14-11-21(6-4-2)12-15-23/h20-26H,3-12,14-15,17-19H2,1-2H3. The van der Waals surface area contributed by atoms with Gasteiger partial charge in [0.05, 0.1) is 5.92 Å². The van der Waals surface area contributed by atoms with Gasteiger partial charge in [-0.1, -0.05) is 64.2 Å². The molecule has 1 heteroatoms. The molecule has 3 atom stereocenters. The van der Waals surface area contributed by atoms with Crippen molar-refractivity contribution in [3.63, 3.8) is 0 Å². The van der Waals surface area contributed by atoms with Crippen molar-refractivity contribution in [1.29, 1.82) is 0 Å². The molecule has 27 heavy (non-hydrogen) atoms. The first-order valence-electron chi connectivity index (χ1n) is 12.3. The van der Waals surface area contributed by atoms with Gasteiger partial charge < -0.3 is 0 Å². The van der Waals surface area contributed by atoms with Crippen LogP contribution in [0.15, 0.2) is 0 Å². The summed E-state index contributed by atoms with van der Waals surface area (Å²) in [6, 6.07) is 0. The van der Waals surface area contributed by atoms with Crippen LogP contribution in [0.1, 0.15) is 110 Å². The van der Waals surface area contributed by atoms with Gasteiger partial charge in [0.1, 0.15) is 6.17 Å². The Hall–Kier alpha value is -0.510. The molecule has 0 aliphatic heterocycles. The second-order valence-electron chi connectivity index (χ2n) is 10.1. The molecule has 3 rings (SSSR count). The quantitative estimate of drug-likeness (QED) is 0.428. The molecule has 3 aliphatic carbocycles. The summed E-state index contributed by atoms with van der Waals surface area (Å²) < 4.78 is 14.9. The Kier molecular flexibility index (Phi) is 8.54. The molecule has 0 N–H and O–H groups in total. The van der Waals surface area contributed by atoms with Gasteiger partial charge in [-0.05, 0) is 81.5 Å². The third kappa shape index (κ3) is 6.24. The molecule has 0 aromatic rings. The van der Waals surface area contributed by atoms with Gasteiger partial charge in [-0.15, -0.1) is 0 Å². The van der Waals surface area contributed by atoms with Crippen molar-refractivity contribution in [3.8, 4) is 11.8 Å². The Morgan fingerprint density at radius 1 is 0.667 bits per heavy atom. The van der Waals surface area contributed by atoms with E-state index in [1.807, 2.05) is 0 Å². The average Bonchev–Trinajstić information content (AvgIpc) is 2.69. The lowest BCUT2D eigenvalue weighted by molar-refractivity contribution is 0.0954. The Morgan fingerprint density at radius 3 is 1.78 bits per heavy atom. The molecule has 0 nitrogen and oxygen atoms in total. The predicted octanol–water partition coefficient (Wildman–Crippen LogP) is 7.96. The van der Waals surface area contributed by atoms with Crippen LogP contribution in [0.3, 0.4) is 0 Å². The highest BCUT2D eigenvalue weighted by Crippen LogP contribution is 2.43. The molecule has 0 bridgehead atoms. The second-order valence-corrected chi connectivity index (χ2v) is 10.1. The van der Waals surface area contributed by atoms with E-state index in [-0.39, 0.29) is 5.92 Å². The summed E-state index contributed by atoms with van der Waals surface area (Å²) in [6.07, 6.45) is 18.5. The van der Waals surface area contributed by atoms with Crippen molar-refractivity contribution in [1.82, 2.24) is 0 Å². The van der Waals surface area contributed by atoms with Gasteiger partial charge in [0.2, 0.25) is 0 Å². The number of alkyl halides is 1. The van der Waals surface area contributed by atoms with Crippen LogP contribution in [0.25, 0.3) is 0 Å². The Balaban J connectivity index is 1.41. The Bertz CT molecular complexity index is 470. The first kappa shape index (κ1) is 21.2. The molecule has 0 aromatic carbocycles. The molecule has 0 aromatic heterocycles. The van der Waals surface area contributed by atoms with Crippen LogP contribution in [-0.2, 0) is 0 Å². The normalized spacial score (nSPS) is 40.2. The summed E-state index contributed by atoms with van der Waals surface area (Å²) in [5.41, 5.74) is 0. The number of rotatable bonds is 5.